The van der Waals surface area contributed by atoms with Crippen LogP contribution in [0.1, 0.15) is 33.9 Å². The fourth-order valence-corrected chi connectivity index (χ4v) is 4.53. The summed E-state index contributed by atoms with van der Waals surface area (Å²) < 4.78 is 25.9. The Labute approximate surface area is 195 Å². The zero-order valence-corrected chi connectivity index (χ0v) is 20.0. The summed E-state index contributed by atoms with van der Waals surface area (Å²) in [4.78, 5) is 13.1. The van der Waals surface area contributed by atoms with E-state index in [0.29, 0.717) is 10.6 Å². The Balaban J connectivity index is 1.87. The molecule has 0 aromatic heterocycles. The minimum atomic E-state index is -3.64. The molecule has 0 fully saturated rings. The van der Waals surface area contributed by atoms with Gasteiger partial charge in [-0.25, -0.2) is 8.42 Å². The Kier molecular flexibility index (Phi) is 7.72. The van der Waals surface area contributed by atoms with E-state index in [1.165, 1.54) is 0 Å². The number of sulfonamides is 1. The van der Waals surface area contributed by atoms with E-state index in [1.807, 2.05) is 56.3 Å². The molecule has 7 heteroatoms. The minimum absolute atomic E-state index is 0.0193. The van der Waals surface area contributed by atoms with Gasteiger partial charge in [-0.05, 0) is 42.2 Å². The molecule has 1 N–H and O–H groups in total. The number of nitrogens with zero attached hydrogens (tertiary/aromatic N) is 1. The van der Waals surface area contributed by atoms with Crippen molar-refractivity contribution < 1.29 is 13.2 Å². The average molecular weight is 471 g/mol. The number of benzene rings is 3. The summed E-state index contributed by atoms with van der Waals surface area (Å²) in [6.45, 7) is 3.74. The van der Waals surface area contributed by atoms with Gasteiger partial charge < -0.3 is 5.32 Å². The summed E-state index contributed by atoms with van der Waals surface area (Å²) >= 11 is 6.21. The standard InChI is InChI=1S/C25H27ClN2O3S/c1-18-13-14-22(19(2)15-18)25(20-9-5-4-6-10-20)27-24(29)17-28(32(3,30)31)16-21-11-7-8-12-23(21)26/h4-15,25H,16-17H2,1-3H3,(H,27,29)/t25-/m0/s1. The molecular formula is C25H27ClN2O3S. The van der Waals surface area contributed by atoms with Crippen LogP contribution < -0.4 is 5.32 Å². The number of rotatable bonds is 8. The van der Waals surface area contributed by atoms with Gasteiger partial charge in [-0.3, -0.25) is 4.79 Å². The zero-order chi connectivity index (χ0) is 23.3. The molecule has 0 saturated heterocycles. The van der Waals surface area contributed by atoms with Crippen LogP contribution in [0, 0.1) is 13.8 Å². The van der Waals surface area contributed by atoms with Crippen LogP contribution in [0.25, 0.3) is 0 Å². The maximum absolute atomic E-state index is 13.1. The van der Waals surface area contributed by atoms with Crippen LogP contribution in [-0.2, 0) is 21.4 Å². The van der Waals surface area contributed by atoms with Crippen LogP contribution >= 0.6 is 11.6 Å². The Morgan fingerprint density at radius 2 is 1.66 bits per heavy atom. The van der Waals surface area contributed by atoms with Gasteiger partial charge in [0, 0.05) is 11.6 Å². The highest BCUT2D eigenvalue weighted by atomic mass is 35.5. The minimum Gasteiger partial charge on any atom is -0.344 e. The van der Waals surface area contributed by atoms with E-state index in [1.54, 1.807) is 24.3 Å². The fraction of sp³-hybridized carbons (Fsp3) is 0.240. The Bertz CT molecular complexity index is 1200. The lowest BCUT2D eigenvalue weighted by atomic mass is 9.94. The first-order valence-electron chi connectivity index (χ1n) is 10.2. The highest BCUT2D eigenvalue weighted by molar-refractivity contribution is 7.88. The van der Waals surface area contributed by atoms with Crippen LogP contribution in [0.3, 0.4) is 0 Å². The van der Waals surface area contributed by atoms with Crippen LogP contribution in [0.4, 0.5) is 0 Å². The van der Waals surface area contributed by atoms with Crippen molar-refractivity contribution in [2.75, 3.05) is 12.8 Å². The molecule has 3 aromatic carbocycles. The lowest BCUT2D eigenvalue weighted by Crippen LogP contribution is -2.41. The van der Waals surface area contributed by atoms with Crippen molar-refractivity contribution in [3.8, 4) is 0 Å². The first kappa shape index (κ1) is 24.0. The van der Waals surface area contributed by atoms with Gasteiger partial charge >= 0.3 is 0 Å². The zero-order valence-electron chi connectivity index (χ0n) is 18.4. The number of aryl methyl sites for hydroxylation is 2. The number of hydrogen-bond donors (Lipinski definition) is 1. The Morgan fingerprint density at radius 3 is 2.28 bits per heavy atom. The first-order chi connectivity index (χ1) is 15.1. The molecule has 168 valence electrons. The smallest absolute Gasteiger partial charge is 0.236 e. The van der Waals surface area contributed by atoms with Gasteiger partial charge in [0.05, 0.1) is 18.8 Å². The molecule has 0 heterocycles. The fourth-order valence-electron chi connectivity index (χ4n) is 3.61. The molecule has 5 nitrogen and oxygen atoms in total. The molecule has 0 aliphatic carbocycles. The molecule has 32 heavy (non-hydrogen) atoms. The molecule has 0 aliphatic rings. The number of carbonyl (C=O) groups excluding carboxylic acids is 1. The first-order valence-corrected chi connectivity index (χ1v) is 12.5. The summed E-state index contributed by atoms with van der Waals surface area (Å²) in [6.07, 6.45) is 1.09. The number of amides is 1. The summed E-state index contributed by atoms with van der Waals surface area (Å²) in [6, 6.07) is 22.3. The van der Waals surface area contributed by atoms with E-state index in [4.69, 9.17) is 11.6 Å². The van der Waals surface area contributed by atoms with Crippen molar-refractivity contribution in [1.82, 2.24) is 9.62 Å². The van der Waals surface area contributed by atoms with Crippen molar-refractivity contribution in [1.29, 1.82) is 0 Å². The van der Waals surface area contributed by atoms with E-state index < -0.39 is 22.0 Å². The van der Waals surface area contributed by atoms with E-state index >= 15 is 0 Å². The topological polar surface area (TPSA) is 66.5 Å². The van der Waals surface area contributed by atoms with Gasteiger partial charge in [-0.1, -0.05) is 83.9 Å². The molecule has 0 unspecified atom stereocenters. The van der Waals surface area contributed by atoms with Crippen molar-refractivity contribution in [2.45, 2.75) is 26.4 Å². The number of hydrogen-bond acceptors (Lipinski definition) is 3. The van der Waals surface area contributed by atoms with Crippen LogP contribution in [0.2, 0.25) is 5.02 Å². The number of carbonyl (C=O) groups is 1. The lowest BCUT2D eigenvalue weighted by Gasteiger charge is -2.25. The van der Waals surface area contributed by atoms with Crippen molar-refractivity contribution in [3.05, 3.63) is 106 Å². The highest BCUT2D eigenvalue weighted by Gasteiger charge is 2.24. The van der Waals surface area contributed by atoms with E-state index in [2.05, 4.69) is 11.4 Å². The average Bonchev–Trinajstić information content (AvgIpc) is 2.73. The van der Waals surface area contributed by atoms with Crippen LogP contribution in [0.15, 0.2) is 72.8 Å². The third kappa shape index (κ3) is 6.19. The van der Waals surface area contributed by atoms with Crippen molar-refractivity contribution >= 4 is 27.5 Å². The van der Waals surface area contributed by atoms with Gasteiger partial charge in [-0.15, -0.1) is 0 Å². The van der Waals surface area contributed by atoms with Crippen molar-refractivity contribution in [3.63, 3.8) is 0 Å². The predicted molar refractivity (Wildman–Crippen MR) is 129 cm³/mol. The number of halogens is 1. The molecule has 1 amide bonds. The maximum Gasteiger partial charge on any atom is 0.236 e. The van der Waals surface area contributed by atoms with Gasteiger partial charge in [0.25, 0.3) is 0 Å². The summed E-state index contributed by atoms with van der Waals surface area (Å²) in [5, 5.41) is 3.49. The van der Waals surface area contributed by atoms with E-state index in [-0.39, 0.29) is 13.1 Å². The maximum atomic E-state index is 13.1. The normalized spacial score (nSPS) is 12.5. The molecule has 0 bridgehead atoms. The Hall–Kier alpha value is -2.67. The lowest BCUT2D eigenvalue weighted by molar-refractivity contribution is -0.121. The van der Waals surface area contributed by atoms with Gasteiger partial charge in [0.1, 0.15) is 0 Å². The van der Waals surface area contributed by atoms with Crippen LogP contribution in [0.5, 0.6) is 0 Å². The molecule has 1 atom stereocenters. The molecule has 0 aliphatic heterocycles. The van der Waals surface area contributed by atoms with E-state index in [9.17, 15) is 13.2 Å². The highest BCUT2D eigenvalue weighted by Crippen LogP contribution is 2.26. The molecule has 0 radical (unpaired) electrons. The molecular weight excluding hydrogens is 444 g/mol. The monoisotopic (exact) mass is 470 g/mol. The van der Waals surface area contributed by atoms with Crippen LogP contribution in [-0.4, -0.2) is 31.4 Å². The molecule has 3 rings (SSSR count). The second kappa shape index (κ2) is 10.3. The summed E-state index contributed by atoms with van der Waals surface area (Å²) in [5.41, 5.74) is 4.71. The predicted octanol–water partition coefficient (Wildman–Crippen LogP) is 4.62. The molecule has 3 aromatic rings. The van der Waals surface area contributed by atoms with Gasteiger partial charge in [0.15, 0.2) is 0 Å². The second-order valence-corrected chi connectivity index (χ2v) is 10.3. The molecule has 0 saturated carbocycles. The second-order valence-electron chi connectivity index (χ2n) is 7.89. The SMILES string of the molecule is Cc1ccc([C@@H](NC(=O)CN(Cc2ccccc2Cl)S(C)(=O)=O)c2ccccc2)c(C)c1. The Morgan fingerprint density at radius 1 is 1.00 bits per heavy atom. The number of nitrogens with one attached hydrogen (secondary N) is 1. The summed E-state index contributed by atoms with van der Waals surface area (Å²) in [5.74, 6) is -0.392. The van der Waals surface area contributed by atoms with Gasteiger partial charge in [0.2, 0.25) is 15.9 Å². The van der Waals surface area contributed by atoms with Gasteiger partial charge in [-0.2, -0.15) is 4.31 Å². The third-order valence-electron chi connectivity index (χ3n) is 5.27. The third-order valence-corrected chi connectivity index (χ3v) is 6.83. The van der Waals surface area contributed by atoms with E-state index in [0.717, 1.165) is 32.8 Å². The summed E-state index contributed by atoms with van der Waals surface area (Å²) in [7, 11) is -3.64. The largest absolute Gasteiger partial charge is 0.344 e. The molecule has 0 spiro atoms. The quantitative estimate of drug-likeness (QED) is 0.522. The van der Waals surface area contributed by atoms with Crippen molar-refractivity contribution in [2.24, 2.45) is 0 Å².